The molecule has 1 aromatic carbocycles. The summed E-state index contributed by atoms with van der Waals surface area (Å²) in [6.07, 6.45) is -5.93. The molecule has 1 aromatic heterocycles. The minimum Gasteiger partial charge on any atom is -0.376 e. The summed E-state index contributed by atoms with van der Waals surface area (Å²) in [5.41, 5.74) is 7.95. The Morgan fingerprint density at radius 1 is 1.28 bits per heavy atom. The number of alkyl halides is 5. The lowest BCUT2D eigenvalue weighted by molar-refractivity contribution is -0.227. The van der Waals surface area contributed by atoms with E-state index in [1.807, 2.05) is 0 Å². The molecule has 0 spiro atoms. The second-order valence-corrected chi connectivity index (χ2v) is 9.94. The molecule has 0 bridgehead atoms. The summed E-state index contributed by atoms with van der Waals surface area (Å²) in [4.78, 5) is 20.0. The van der Waals surface area contributed by atoms with Crippen molar-refractivity contribution in [3.8, 4) is 0 Å². The minimum atomic E-state index is -4.50. The smallest absolute Gasteiger partial charge is 0.376 e. The number of fused-ring (bicyclic) bond motifs is 1. The molecule has 2 aliphatic carbocycles. The first-order valence-corrected chi connectivity index (χ1v) is 12.1. The van der Waals surface area contributed by atoms with Gasteiger partial charge in [0.15, 0.2) is 6.10 Å². The largest absolute Gasteiger partial charge is 0.414 e. The summed E-state index contributed by atoms with van der Waals surface area (Å²) in [5.74, 6) is -3.08. The van der Waals surface area contributed by atoms with Crippen LogP contribution in [0.25, 0.3) is 11.0 Å². The Labute approximate surface area is 205 Å². The zero-order chi connectivity index (χ0) is 26.3. The average molecular weight is 519 g/mol. The molecule has 200 valence electrons. The third-order valence-electron chi connectivity index (χ3n) is 6.64. The van der Waals surface area contributed by atoms with Gasteiger partial charge in [-0.2, -0.15) is 13.2 Å². The zero-order valence-electron chi connectivity index (χ0n) is 20.1. The zero-order valence-corrected chi connectivity index (χ0v) is 20.1. The van der Waals surface area contributed by atoms with Gasteiger partial charge in [-0.25, -0.2) is 13.8 Å². The Bertz CT molecular complexity index is 1060. The highest BCUT2D eigenvalue weighted by Crippen LogP contribution is 2.44. The molecule has 4 rings (SSSR count). The van der Waals surface area contributed by atoms with Crippen LogP contribution in [-0.2, 0) is 14.3 Å². The maximum Gasteiger partial charge on any atom is 0.414 e. The van der Waals surface area contributed by atoms with Gasteiger partial charge >= 0.3 is 6.18 Å². The molecule has 1 heterocycles. The van der Waals surface area contributed by atoms with Gasteiger partial charge in [-0.3, -0.25) is 4.79 Å². The van der Waals surface area contributed by atoms with Gasteiger partial charge in [0, 0.05) is 19.3 Å². The van der Waals surface area contributed by atoms with Crippen LogP contribution < -0.4 is 11.1 Å². The van der Waals surface area contributed by atoms with Crippen LogP contribution in [0.2, 0.25) is 0 Å². The van der Waals surface area contributed by atoms with E-state index < -0.39 is 36.4 Å². The van der Waals surface area contributed by atoms with E-state index in [0.717, 1.165) is 19.8 Å². The third kappa shape index (κ3) is 6.71. The fourth-order valence-corrected chi connectivity index (χ4v) is 4.26. The van der Waals surface area contributed by atoms with E-state index in [4.69, 9.17) is 15.2 Å². The molecule has 2 aliphatic rings. The highest BCUT2D eigenvalue weighted by Gasteiger charge is 2.46. The number of H-pyrrole nitrogens is 1. The molecule has 4 N–H and O–H groups in total. The van der Waals surface area contributed by atoms with Gasteiger partial charge in [-0.15, -0.1) is 0 Å². The van der Waals surface area contributed by atoms with Crippen molar-refractivity contribution < 1.29 is 36.2 Å². The van der Waals surface area contributed by atoms with E-state index in [9.17, 15) is 26.7 Å². The highest BCUT2D eigenvalue weighted by molar-refractivity contribution is 5.78. The molecule has 0 aliphatic heterocycles. The fraction of sp³-hybridized carbons (Fsp3) is 0.667. The number of halogens is 5. The maximum atomic E-state index is 13.1. The number of carbonyl (C=O) groups excluding carboxylic acids is 1. The van der Waals surface area contributed by atoms with E-state index in [2.05, 4.69) is 15.3 Å². The van der Waals surface area contributed by atoms with Crippen molar-refractivity contribution in [3.63, 3.8) is 0 Å². The molecule has 0 radical (unpaired) electrons. The number of carbonyl (C=O) groups is 1. The van der Waals surface area contributed by atoms with Crippen LogP contribution in [0.1, 0.15) is 69.4 Å². The molecule has 1 amide bonds. The molecule has 2 saturated carbocycles. The van der Waals surface area contributed by atoms with Crippen molar-refractivity contribution in [2.45, 2.75) is 88.4 Å². The summed E-state index contributed by atoms with van der Waals surface area (Å²) in [6, 6.07) is 3.82. The number of imidazole rings is 1. The molecule has 0 unspecified atom stereocenters. The van der Waals surface area contributed by atoms with E-state index in [1.165, 1.54) is 6.92 Å². The molecular formula is C24H31F5N4O3. The molecule has 7 nitrogen and oxygen atoms in total. The average Bonchev–Trinajstić information content (AvgIpc) is 3.50. The Hall–Kier alpha value is -2.31. The number of hydrogen-bond acceptors (Lipinski definition) is 5. The Morgan fingerprint density at radius 2 is 1.97 bits per heavy atom. The molecule has 2 aromatic rings. The number of benzene rings is 1. The fourth-order valence-electron chi connectivity index (χ4n) is 4.26. The van der Waals surface area contributed by atoms with Crippen molar-refractivity contribution >= 4 is 16.9 Å². The van der Waals surface area contributed by atoms with Crippen LogP contribution in [0.5, 0.6) is 0 Å². The van der Waals surface area contributed by atoms with Crippen molar-refractivity contribution in [2.24, 2.45) is 11.7 Å². The van der Waals surface area contributed by atoms with Crippen molar-refractivity contribution in [1.82, 2.24) is 15.3 Å². The first-order valence-electron chi connectivity index (χ1n) is 12.1. The quantitative estimate of drug-likeness (QED) is 0.375. The second kappa shape index (κ2) is 10.2. The van der Waals surface area contributed by atoms with Crippen molar-refractivity contribution in [3.05, 3.63) is 29.6 Å². The lowest BCUT2D eigenvalue weighted by Crippen LogP contribution is -2.40. The lowest BCUT2D eigenvalue weighted by atomic mass is 9.79. The number of nitrogens with two attached hydrogens (primary N) is 1. The number of aromatic nitrogens is 2. The number of amides is 1. The van der Waals surface area contributed by atoms with Crippen molar-refractivity contribution in [2.75, 3.05) is 6.61 Å². The number of hydrogen-bond donors (Lipinski definition) is 3. The van der Waals surface area contributed by atoms with Gasteiger partial charge in [0.05, 0.1) is 41.9 Å². The number of rotatable bonds is 11. The van der Waals surface area contributed by atoms with Crippen LogP contribution in [0.3, 0.4) is 0 Å². The first kappa shape index (κ1) is 26.7. The van der Waals surface area contributed by atoms with Gasteiger partial charge in [0.25, 0.3) is 0 Å². The monoisotopic (exact) mass is 518 g/mol. The second-order valence-electron chi connectivity index (χ2n) is 9.94. The molecule has 12 heteroatoms. The van der Waals surface area contributed by atoms with Crippen LogP contribution in [0.15, 0.2) is 18.2 Å². The number of nitrogens with zero attached hydrogens (tertiary/aromatic N) is 1. The molecule has 36 heavy (non-hydrogen) atoms. The highest BCUT2D eigenvalue weighted by atomic mass is 19.4. The SMILES string of the molecule is C[C@H](O[C@H](C)[C@H](N)c1nc2cc([C@@H](COC3CC3)NC(=O)CC3CC(F)(F)C3)ccc2[nH]1)C(F)(F)F. The third-order valence-corrected chi connectivity index (χ3v) is 6.64. The summed E-state index contributed by atoms with van der Waals surface area (Å²) >= 11 is 0. The summed E-state index contributed by atoms with van der Waals surface area (Å²) in [6.45, 7) is 2.59. The molecular weight excluding hydrogens is 487 g/mol. The van der Waals surface area contributed by atoms with E-state index in [0.29, 0.717) is 16.6 Å². The predicted octanol–water partition coefficient (Wildman–Crippen LogP) is 4.69. The van der Waals surface area contributed by atoms with E-state index in [-0.39, 0.29) is 49.6 Å². The number of aromatic amines is 1. The number of nitrogens with one attached hydrogen (secondary N) is 2. The lowest BCUT2D eigenvalue weighted by Gasteiger charge is -2.34. The van der Waals surface area contributed by atoms with Gasteiger partial charge in [-0.05, 0) is 50.3 Å². The van der Waals surface area contributed by atoms with E-state index >= 15 is 0 Å². The van der Waals surface area contributed by atoms with Crippen LogP contribution in [0.4, 0.5) is 22.0 Å². The molecule has 0 saturated heterocycles. The van der Waals surface area contributed by atoms with Gasteiger partial charge in [0.1, 0.15) is 5.82 Å². The number of ether oxygens (including phenoxy) is 2. The normalized spacial score (nSPS) is 21.6. The molecule has 2 fully saturated rings. The first-order chi connectivity index (χ1) is 16.8. The van der Waals surface area contributed by atoms with Gasteiger partial charge in [-0.1, -0.05) is 6.07 Å². The summed E-state index contributed by atoms with van der Waals surface area (Å²) in [5, 5.41) is 2.89. The maximum absolute atomic E-state index is 13.1. The van der Waals surface area contributed by atoms with Gasteiger partial charge in [0.2, 0.25) is 11.8 Å². The minimum absolute atomic E-state index is 0.0212. The Balaban J connectivity index is 1.45. The summed E-state index contributed by atoms with van der Waals surface area (Å²) < 4.78 is 75.6. The topological polar surface area (TPSA) is 102 Å². The van der Waals surface area contributed by atoms with Gasteiger partial charge < -0.3 is 25.5 Å². The van der Waals surface area contributed by atoms with Crippen LogP contribution in [0, 0.1) is 5.92 Å². The van der Waals surface area contributed by atoms with Crippen LogP contribution in [-0.4, -0.2) is 52.9 Å². The Kier molecular flexibility index (Phi) is 7.59. The summed E-state index contributed by atoms with van der Waals surface area (Å²) in [7, 11) is 0. The van der Waals surface area contributed by atoms with Crippen LogP contribution >= 0.6 is 0 Å². The predicted molar refractivity (Wildman–Crippen MR) is 121 cm³/mol. The van der Waals surface area contributed by atoms with Crippen molar-refractivity contribution in [1.29, 1.82) is 0 Å². The Morgan fingerprint density at radius 3 is 2.58 bits per heavy atom. The standard InChI is InChI=1S/C24H31F5N4O3/c1-12(36-13(2)24(27,28)29)21(30)22-32-17-6-3-15(8-18(17)33-22)19(11-35-16-4-5-16)31-20(34)7-14-9-23(25,26)10-14/h3,6,8,12-14,16,19,21H,4-5,7,9-11,30H2,1-2H3,(H,31,34)(H,32,33)/t12-,13+,19-,21+/m1/s1. The molecule has 4 atom stereocenters. The van der Waals surface area contributed by atoms with E-state index in [1.54, 1.807) is 18.2 Å².